The number of hydrogen-bond acceptors (Lipinski definition) is 5. The minimum absolute atomic E-state index is 0.328. The minimum atomic E-state index is -1.06. The molecule has 4 aromatic rings. The van der Waals surface area contributed by atoms with Crippen molar-refractivity contribution in [2.75, 3.05) is 6.61 Å². The van der Waals surface area contributed by atoms with Gasteiger partial charge in [0.1, 0.15) is 11.4 Å². The second kappa shape index (κ2) is 9.52. The second-order valence-corrected chi connectivity index (χ2v) is 10.1. The van der Waals surface area contributed by atoms with Crippen LogP contribution in [-0.4, -0.2) is 33.0 Å². The van der Waals surface area contributed by atoms with Crippen molar-refractivity contribution < 1.29 is 18.4 Å². The van der Waals surface area contributed by atoms with E-state index >= 15 is 0 Å². The molecule has 0 saturated heterocycles. The predicted molar refractivity (Wildman–Crippen MR) is 138 cm³/mol. The highest BCUT2D eigenvalue weighted by Gasteiger charge is 2.31. The van der Waals surface area contributed by atoms with E-state index in [0.29, 0.717) is 30.9 Å². The second-order valence-electron chi connectivity index (χ2n) is 10.1. The molecule has 0 radical (unpaired) electrons. The number of carbonyl (C=O) groups is 1. The lowest BCUT2D eigenvalue weighted by Crippen LogP contribution is -2.27. The first-order valence-electron chi connectivity index (χ1n) is 12.6. The first kappa shape index (κ1) is 24.2. The van der Waals surface area contributed by atoms with Crippen molar-refractivity contribution in [3.8, 4) is 22.3 Å². The van der Waals surface area contributed by atoms with Gasteiger partial charge in [0.05, 0.1) is 28.9 Å². The summed E-state index contributed by atoms with van der Waals surface area (Å²) in [5.74, 6) is 0.841. The Morgan fingerprint density at radius 1 is 1.19 bits per heavy atom. The molecule has 0 aliphatic heterocycles. The molecule has 0 unspecified atom stereocenters. The number of halogens is 1. The van der Waals surface area contributed by atoms with Gasteiger partial charge in [-0.1, -0.05) is 17.3 Å². The number of rotatable bonds is 6. The van der Waals surface area contributed by atoms with Crippen LogP contribution in [0.1, 0.15) is 61.3 Å². The smallest absolute Gasteiger partial charge is 0.338 e. The fourth-order valence-corrected chi connectivity index (χ4v) is 5.30. The Hall–Kier alpha value is -3.48. The lowest BCUT2D eigenvalue weighted by Gasteiger charge is -2.31. The molecule has 0 atom stereocenters. The van der Waals surface area contributed by atoms with Crippen LogP contribution >= 0.6 is 0 Å². The molecule has 36 heavy (non-hydrogen) atoms. The maximum atomic E-state index is 14.4. The Balaban J connectivity index is 1.56. The molecule has 1 aliphatic carbocycles. The average molecular weight is 490 g/mol. The molecule has 1 fully saturated rings. The van der Waals surface area contributed by atoms with Gasteiger partial charge >= 0.3 is 5.97 Å². The van der Waals surface area contributed by atoms with E-state index in [2.05, 4.69) is 22.0 Å². The van der Waals surface area contributed by atoms with E-state index in [1.807, 2.05) is 32.2 Å². The Morgan fingerprint density at radius 3 is 2.56 bits per heavy atom. The summed E-state index contributed by atoms with van der Waals surface area (Å²) in [7, 11) is 0. The zero-order valence-electron chi connectivity index (χ0n) is 21.3. The molecule has 188 valence electrons. The average Bonchev–Trinajstić information content (AvgIpc) is 3.39. The number of alkyl halides is 1. The maximum Gasteiger partial charge on any atom is 0.338 e. The van der Waals surface area contributed by atoms with Crippen LogP contribution in [0.2, 0.25) is 0 Å². The van der Waals surface area contributed by atoms with Crippen molar-refractivity contribution in [2.24, 2.45) is 5.92 Å². The number of pyridine rings is 1. The van der Waals surface area contributed by atoms with Crippen molar-refractivity contribution in [1.29, 1.82) is 0 Å². The van der Waals surface area contributed by atoms with Crippen LogP contribution in [0.5, 0.6) is 0 Å². The number of hydrogen-bond donors (Lipinski definition) is 0. The summed E-state index contributed by atoms with van der Waals surface area (Å²) in [5.41, 5.74) is 6.10. The number of carbonyl (C=O) groups excluding carboxylic acids is 1. The number of aryl methyl sites for hydroxylation is 2. The zero-order valence-corrected chi connectivity index (χ0v) is 21.3. The summed E-state index contributed by atoms with van der Waals surface area (Å²) in [6.45, 7) is 8.50. The maximum absolute atomic E-state index is 14.4. The summed E-state index contributed by atoms with van der Waals surface area (Å²) < 4.78 is 27.2. The van der Waals surface area contributed by atoms with E-state index in [4.69, 9.17) is 14.2 Å². The molecule has 1 aliphatic rings. The first-order valence-corrected chi connectivity index (χ1v) is 12.6. The van der Waals surface area contributed by atoms with Crippen LogP contribution in [0.15, 0.2) is 47.2 Å². The molecular formula is C29H32FN3O3. The molecule has 5 rings (SSSR count). The summed E-state index contributed by atoms with van der Waals surface area (Å²) in [6.07, 6.45) is 6.94. The van der Waals surface area contributed by atoms with E-state index in [1.54, 1.807) is 26.0 Å². The van der Waals surface area contributed by atoms with Gasteiger partial charge in [-0.2, -0.15) is 0 Å². The van der Waals surface area contributed by atoms with Gasteiger partial charge in [-0.3, -0.25) is 4.98 Å². The molecule has 3 heterocycles. The summed E-state index contributed by atoms with van der Waals surface area (Å²) in [4.78, 5) is 17.0. The molecule has 0 spiro atoms. The minimum Gasteiger partial charge on any atom is -0.462 e. The highest BCUT2D eigenvalue weighted by molar-refractivity contribution is 5.96. The molecule has 7 heteroatoms. The lowest BCUT2D eigenvalue weighted by atomic mass is 9.81. The largest absolute Gasteiger partial charge is 0.462 e. The summed E-state index contributed by atoms with van der Waals surface area (Å²) in [5, 5.41) is 4.11. The fraction of sp³-hybridized carbons (Fsp3) is 0.414. The Morgan fingerprint density at radius 2 is 1.92 bits per heavy atom. The van der Waals surface area contributed by atoms with Crippen molar-refractivity contribution in [3.05, 3.63) is 59.7 Å². The van der Waals surface area contributed by atoms with Crippen molar-refractivity contribution >= 4 is 17.0 Å². The molecule has 0 N–H and O–H groups in total. The van der Waals surface area contributed by atoms with Gasteiger partial charge in [-0.05, 0) is 83.1 Å². The van der Waals surface area contributed by atoms with Crippen molar-refractivity contribution in [1.82, 2.24) is 14.7 Å². The molecule has 3 aromatic heterocycles. The Bertz CT molecular complexity index is 1370. The third kappa shape index (κ3) is 4.66. The quantitative estimate of drug-likeness (QED) is 0.271. The van der Waals surface area contributed by atoms with Gasteiger partial charge < -0.3 is 13.8 Å². The Kier molecular flexibility index (Phi) is 6.41. The molecule has 1 saturated carbocycles. The molecule has 1 aromatic carbocycles. The number of fused-ring (bicyclic) bond motifs is 1. The van der Waals surface area contributed by atoms with Crippen LogP contribution in [0, 0.1) is 19.8 Å². The number of benzene rings is 1. The Labute approximate surface area is 210 Å². The zero-order chi connectivity index (χ0) is 25.4. The number of ether oxygens (including phenoxy) is 1. The van der Waals surface area contributed by atoms with Crippen LogP contribution < -0.4 is 0 Å². The van der Waals surface area contributed by atoms with E-state index in [9.17, 15) is 9.18 Å². The van der Waals surface area contributed by atoms with Gasteiger partial charge in [-0.25, -0.2) is 9.18 Å². The van der Waals surface area contributed by atoms with Crippen LogP contribution in [-0.2, 0) is 11.3 Å². The third-order valence-electron chi connectivity index (χ3n) is 7.35. The predicted octanol–water partition coefficient (Wildman–Crippen LogP) is 7.07. The van der Waals surface area contributed by atoms with Crippen LogP contribution in [0.4, 0.5) is 4.39 Å². The number of nitrogens with zero attached hydrogens (tertiary/aromatic N) is 3. The van der Waals surface area contributed by atoms with Crippen LogP contribution in [0.25, 0.3) is 33.3 Å². The van der Waals surface area contributed by atoms with Crippen molar-refractivity contribution in [2.45, 2.75) is 65.6 Å². The summed E-state index contributed by atoms with van der Waals surface area (Å²) >= 11 is 0. The van der Waals surface area contributed by atoms with Gasteiger partial charge in [-0.15, -0.1) is 0 Å². The summed E-state index contributed by atoms with van der Waals surface area (Å²) in [6, 6.07) is 9.60. The highest BCUT2D eigenvalue weighted by atomic mass is 19.1. The van der Waals surface area contributed by atoms with Crippen molar-refractivity contribution in [3.63, 3.8) is 0 Å². The van der Waals surface area contributed by atoms with E-state index in [0.717, 1.165) is 64.1 Å². The van der Waals surface area contributed by atoms with Gasteiger partial charge in [0.2, 0.25) is 0 Å². The fourth-order valence-electron chi connectivity index (χ4n) is 5.30. The normalized spacial score (nSPS) is 20.1. The molecule has 0 amide bonds. The number of esters is 1. The first-order chi connectivity index (χ1) is 17.3. The topological polar surface area (TPSA) is 70.2 Å². The number of aromatic nitrogens is 3. The van der Waals surface area contributed by atoms with Gasteiger partial charge in [0, 0.05) is 35.6 Å². The van der Waals surface area contributed by atoms with Crippen LogP contribution in [0.3, 0.4) is 0 Å². The van der Waals surface area contributed by atoms with Gasteiger partial charge in [0.15, 0.2) is 0 Å². The van der Waals surface area contributed by atoms with Gasteiger partial charge in [0.25, 0.3) is 0 Å². The molecular weight excluding hydrogens is 457 g/mol. The van der Waals surface area contributed by atoms with E-state index in [1.165, 1.54) is 0 Å². The highest BCUT2D eigenvalue weighted by Crippen LogP contribution is 2.38. The molecule has 6 nitrogen and oxygen atoms in total. The SMILES string of the molecule is CCOC(=O)c1ccc(-c2cn(CC3CCC(C)(F)CC3)c3cc(-c4c(C)noc4C)cnc23)cc1. The standard InChI is InChI=1S/C29H32FN3O3/c1-5-35-28(34)22-8-6-21(7-9-22)24-17-33(16-20-10-12-29(4,30)13-11-20)25-14-23(15-31-27(24)25)26-18(2)32-36-19(26)3/h6-9,14-15,17,20H,5,10-13,16H2,1-4H3. The monoisotopic (exact) mass is 489 g/mol. The molecule has 0 bridgehead atoms. The van der Waals surface area contributed by atoms with E-state index < -0.39 is 5.67 Å². The lowest BCUT2D eigenvalue weighted by molar-refractivity contribution is 0.0526. The van der Waals surface area contributed by atoms with E-state index in [-0.39, 0.29) is 5.97 Å². The third-order valence-corrected chi connectivity index (χ3v) is 7.35.